The van der Waals surface area contributed by atoms with Gasteiger partial charge in [0.15, 0.2) is 0 Å². The summed E-state index contributed by atoms with van der Waals surface area (Å²) in [4.78, 5) is 0. The van der Waals surface area contributed by atoms with Crippen molar-refractivity contribution < 1.29 is 4.74 Å². The van der Waals surface area contributed by atoms with Gasteiger partial charge in [0.25, 0.3) is 0 Å². The van der Waals surface area contributed by atoms with Gasteiger partial charge in [0, 0.05) is 4.47 Å². The molecule has 0 fully saturated rings. The molecule has 0 aliphatic heterocycles. The Kier molecular flexibility index (Phi) is 4.89. The average Bonchev–Trinajstić information content (AvgIpc) is 2.42. The SMILES string of the molecule is COc1ccc(Br)c(C(Cl)Cc2ccccc2C)c1. The number of methoxy groups -OCH3 is 1. The van der Waals surface area contributed by atoms with Crippen molar-refractivity contribution in [1.82, 2.24) is 0 Å². The summed E-state index contributed by atoms with van der Waals surface area (Å²) in [5, 5.41) is -0.0782. The molecule has 19 heavy (non-hydrogen) atoms. The quantitative estimate of drug-likeness (QED) is 0.688. The average molecular weight is 340 g/mol. The third-order valence-electron chi connectivity index (χ3n) is 3.20. The maximum atomic E-state index is 6.56. The zero-order chi connectivity index (χ0) is 13.8. The predicted octanol–water partition coefficient (Wildman–Crippen LogP) is 5.29. The van der Waals surface area contributed by atoms with Crippen LogP contribution in [0.15, 0.2) is 46.9 Å². The van der Waals surface area contributed by atoms with Crippen LogP contribution < -0.4 is 4.74 Å². The number of alkyl halides is 1. The molecule has 0 aliphatic rings. The molecule has 0 bridgehead atoms. The highest BCUT2D eigenvalue weighted by molar-refractivity contribution is 9.10. The van der Waals surface area contributed by atoms with Gasteiger partial charge in [-0.05, 0) is 48.2 Å². The van der Waals surface area contributed by atoms with Crippen molar-refractivity contribution in [2.24, 2.45) is 0 Å². The third kappa shape index (κ3) is 3.52. The Morgan fingerprint density at radius 3 is 2.63 bits per heavy atom. The van der Waals surface area contributed by atoms with Gasteiger partial charge in [0.05, 0.1) is 12.5 Å². The lowest BCUT2D eigenvalue weighted by molar-refractivity contribution is 0.414. The smallest absolute Gasteiger partial charge is 0.119 e. The standard InChI is InChI=1S/C16H16BrClO/c1-11-5-3-4-6-12(11)9-16(18)14-10-13(19-2)7-8-15(14)17/h3-8,10,16H,9H2,1-2H3. The lowest BCUT2D eigenvalue weighted by Crippen LogP contribution is -1.99. The van der Waals surface area contributed by atoms with Gasteiger partial charge in [-0.25, -0.2) is 0 Å². The number of hydrogen-bond donors (Lipinski definition) is 0. The van der Waals surface area contributed by atoms with Gasteiger partial charge >= 0.3 is 0 Å². The molecular weight excluding hydrogens is 324 g/mol. The Bertz CT molecular complexity index is 568. The van der Waals surface area contributed by atoms with Gasteiger partial charge in [-0.1, -0.05) is 40.2 Å². The molecule has 0 saturated carbocycles. The van der Waals surface area contributed by atoms with Gasteiger partial charge in [0.2, 0.25) is 0 Å². The first-order chi connectivity index (χ1) is 9.11. The summed E-state index contributed by atoms with van der Waals surface area (Å²) in [7, 11) is 1.66. The van der Waals surface area contributed by atoms with Crippen LogP contribution >= 0.6 is 27.5 Å². The van der Waals surface area contributed by atoms with Crippen LogP contribution in [0.2, 0.25) is 0 Å². The fourth-order valence-electron chi connectivity index (χ4n) is 2.03. The van der Waals surface area contributed by atoms with Crippen LogP contribution in [-0.4, -0.2) is 7.11 Å². The maximum absolute atomic E-state index is 6.56. The Morgan fingerprint density at radius 2 is 1.95 bits per heavy atom. The van der Waals surface area contributed by atoms with E-state index in [1.807, 2.05) is 30.3 Å². The summed E-state index contributed by atoms with van der Waals surface area (Å²) in [5.74, 6) is 0.827. The highest BCUT2D eigenvalue weighted by Crippen LogP contribution is 2.34. The Labute approximate surface area is 127 Å². The van der Waals surface area contributed by atoms with Crippen LogP contribution in [-0.2, 0) is 6.42 Å². The first-order valence-corrected chi connectivity index (χ1v) is 7.36. The summed E-state index contributed by atoms with van der Waals surface area (Å²) in [5.41, 5.74) is 3.61. The van der Waals surface area contributed by atoms with Crippen LogP contribution in [0, 0.1) is 6.92 Å². The van der Waals surface area contributed by atoms with E-state index in [1.54, 1.807) is 7.11 Å². The molecule has 0 spiro atoms. The molecule has 0 aliphatic carbocycles. The monoisotopic (exact) mass is 338 g/mol. The number of aryl methyl sites for hydroxylation is 1. The lowest BCUT2D eigenvalue weighted by atomic mass is 10.00. The summed E-state index contributed by atoms with van der Waals surface area (Å²) < 4.78 is 6.27. The van der Waals surface area contributed by atoms with Crippen LogP contribution in [0.25, 0.3) is 0 Å². The fourth-order valence-corrected chi connectivity index (χ4v) is 3.03. The molecule has 0 saturated heterocycles. The number of halogens is 2. The molecule has 3 heteroatoms. The number of hydrogen-bond acceptors (Lipinski definition) is 1. The molecular formula is C16H16BrClO. The molecule has 0 radical (unpaired) electrons. The first kappa shape index (κ1) is 14.4. The lowest BCUT2D eigenvalue weighted by Gasteiger charge is -2.14. The van der Waals surface area contributed by atoms with Crippen LogP contribution in [0.3, 0.4) is 0 Å². The van der Waals surface area contributed by atoms with Crippen molar-refractivity contribution in [3.05, 3.63) is 63.6 Å². The third-order valence-corrected chi connectivity index (χ3v) is 4.31. The van der Waals surface area contributed by atoms with Crippen molar-refractivity contribution >= 4 is 27.5 Å². The zero-order valence-electron chi connectivity index (χ0n) is 11.0. The van der Waals surface area contributed by atoms with E-state index >= 15 is 0 Å². The molecule has 0 N–H and O–H groups in total. The van der Waals surface area contributed by atoms with E-state index in [0.717, 1.165) is 22.2 Å². The van der Waals surface area contributed by atoms with Crippen LogP contribution in [0.1, 0.15) is 22.1 Å². The molecule has 1 atom stereocenters. The predicted molar refractivity (Wildman–Crippen MR) is 84.2 cm³/mol. The number of rotatable bonds is 4. The van der Waals surface area contributed by atoms with Gasteiger partial charge in [-0.2, -0.15) is 0 Å². The molecule has 2 rings (SSSR count). The second-order valence-corrected chi connectivity index (χ2v) is 5.87. The van der Waals surface area contributed by atoms with E-state index in [4.69, 9.17) is 16.3 Å². The van der Waals surface area contributed by atoms with Crippen molar-refractivity contribution in [1.29, 1.82) is 0 Å². The minimum Gasteiger partial charge on any atom is -0.497 e. The topological polar surface area (TPSA) is 9.23 Å². The summed E-state index contributed by atoms with van der Waals surface area (Å²) in [6.07, 6.45) is 0.806. The summed E-state index contributed by atoms with van der Waals surface area (Å²) >= 11 is 10.1. The molecule has 2 aromatic rings. The van der Waals surface area contributed by atoms with E-state index in [9.17, 15) is 0 Å². The summed E-state index contributed by atoms with van der Waals surface area (Å²) in [6.45, 7) is 2.11. The van der Waals surface area contributed by atoms with Gasteiger partial charge in [-0.3, -0.25) is 0 Å². The second-order valence-electron chi connectivity index (χ2n) is 4.49. The molecule has 0 amide bonds. The largest absolute Gasteiger partial charge is 0.497 e. The molecule has 0 heterocycles. The summed E-state index contributed by atoms with van der Waals surface area (Å²) in [6, 6.07) is 14.2. The molecule has 100 valence electrons. The minimum absolute atomic E-state index is 0.0782. The maximum Gasteiger partial charge on any atom is 0.119 e. The normalized spacial score (nSPS) is 12.2. The van der Waals surface area contributed by atoms with E-state index < -0.39 is 0 Å². The number of benzene rings is 2. The molecule has 1 unspecified atom stereocenters. The van der Waals surface area contributed by atoms with E-state index in [1.165, 1.54) is 11.1 Å². The van der Waals surface area contributed by atoms with Crippen molar-refractivity contribution in [3.63, 3.8) is 0 Å². The van der Waals surface area contributed by atoms with Gasteiger partial charge in [-0.15, -0.1) is 11.6 Å². The van der Waals surface area contributed by atoms with E-state index in [2.05, 4.69) is 35.0 Å². The van der Waals surface area contributed by atoms with Crippen molar-refractivity contribution in [3.8, 4) is 5.75 Å². The van der Waals surface area contributed by atoms with Gasteiger partial charge in [0.1, 0.15) is 5.75 Å². The highest BCUT2D eigenvalue weighted by atomic mass is 79.9. The Morgan fingerprint density at radius 1 is 1.21 bits per heavy atom. The van der Waals surface area contributed by atoms with Crippen LogP contribution in [0.4, 0.5) is 0 Å². The van der Waals surface area contributed by atoms with E-state index in [-0.39, 0.29) is 5.38 Å². The van der Waals surface area contributed by atoms with E-state index in [0.29, 0.717) is 0 Å². The minimum atomic E-state index is -0.0782. The molecule has 1 nitrogen and oxygen atoms in total. The van der Waals surface area contributed by atoms with Crippen molar-refractivity contribution in [2.75, 3.05) is 7.11 Å². The first-order valence-electron chi connectivity index (χ1n) is 6.14. The fraction of sp³-hybridized carbons (Fsp3) is 0.250. The number of ether oxygens (including phenoxy) is 1. The Balaban J connectivity index is 2.25. The van der Waals surface area contributed by atoms with Crippen LogP contribution in [0.5, 0.6) is 5.75 Å². The Hall–Kier alpha value is -0.990. The molecule has 2 aromatic carbocycles. The van der Waals surface area contributed by atoms with Gasteiger partial charge < -0.3 is 4.74 Å². The molecule has 0 aromatic heterocycles. The highest BCUT2D eigenvalue weighted by Gasteiger charge is 2.14. The van der Waals surface area contributed by atoms with Crippen molar-refractivity contribution in [2.45, 2.75) is 18.7 Å². The second kappa shape index (κ2) is 6.44. The zero-order valence-corrected chi connectivity index (χ0v) is 13.3.